The normalized spacial score (nSPS) is 34.2. The summed E-state index contributed by atoms with van der Waals surface area (Å²) >= 11 is 3.84. The molecule has 3 aromatic carbocycles. The number of aliphatic hydroxyl groups is 1. The summed E-state index contributed by atoms with van der Waals surface area (Å²) in [7, 11) is 0. The van der Waals surface area contributed by atoms with Gasteiger partial charge in [0.1, 0.15) is 4.32 Å². The number of alkyl halides is 1. The molecule has 2 fully saturated rings. The lowest BCUT2D eigenvalue weighted by atomic mass is 9.63. The molecule has 5 atom stereocenters. The number of carbonyl (C=O) groups is 2. The van der Waals surface area contributed by atoms with E-state index >= 15 is 0 Å². The monoisotopic (exact) mass is 513 g/mol. The van der Waals surface area contributed by atoms with Crippen LogP contribution in [0.5, 0.6) is 0 Å². The van der Waals surface area contributed by atoms with Crippen LogP contribution in [0.1, 0.15) is 25.0 Å². The lowest BCUT2D eigenvalue weighted by Gasteiger charge is -2.42. The molecular formula is C29H24BrNO3. The van der Waals surface area contributed by atoms with Gasteiger partial charge in [-0.25, -0.2) is 4.90 Å². The molecule has 34 heavy (non-hydrogen) atoms. The first kappa shape index (κ1) is 21.5. The molecule has 1 saturated heterocycles. The predicted octanol–water partition coefficient (Wildman–Crippen LogP) is 5.32. The first-order valence-corrected chi connectivity index (χ1v) is 12.2. The summed E-state index contributed by atoms with van der Waals surface area (Å²) in [4.78, 5) is 29.5. The van der Waals surface area contributed by atoms with Gasteiger partial charge in [-0.05, 0) is 34.4 Å². The van der Waals surface area contributed by atoms with E-state index < -0.39 is 27.2 Å². The van der Waals surface area contributed by atoms with E-state index in [0.717, 1.165) is 22.3 Å². The number of rotatable bonds is 3. The molecule has 2 amide bonds. The van der Waals surface area contributed by atoms with Crippen LogP contribution in [-0.2, 0) is 9.59 Å². The van der Waals surface area contributed by atoms with E-state index in [-0.39, 0.29) is 11.8 Å². The number of para-hydroxylation sites is 1. The van der Waals surface area contributed by atoms with Crippen molar-refractivity contribution < 1.29 is 14.7 Å². The first-order valence-electron chi connectivity index (χ1n) is 11.5. The number of benzene rings is 3. The Kier molecular flexibility index (Phi) is 4.43. The molecule has 1 N–H and O–H groups in total. The highest BCUT2D eigenvalue weighted by molar-refractivity contribution is 9.10. The number of imide groups is 1. The second-order valence-electron chi connectivity index (χ2n) is 9.83. The largest absolute Gasteiger partial charge is 0.391 e. The van der Waals surface area contributed by atoms with Crippen LogP contribution in [0.2, 0.25) is 0 Å². The highest BCUT2D eigenvalue weighted by Gasteiger charge is 2.85. The van der Waals surface area contributed by atoms with Gasteiger partial charge >= 0.3 is 0 Å². The smallest absolute Gasteiger partial charge is 0.252 e. The Morgan fingerprint density at radius 2 is 1.24 bits per heavy atom. The zero-order chi connectivity index (χ0) is 23.9. The van der Waals surface area contributed by atoms with Crippen molar-refractivity contribution >= 4 is 44.6 Å². The highest BCUT2D eigenvalue weighted by Crippen LogP contribution is 2.79. The molecular weight excluding hydrogens is 490 g/mol. The van der Waals surface area contributed by atoms with E-state index in [1.807, 2.05) is 92.7 Å². The van der Waals surface area contributed by atoms with Crippen LogP contribution >= 0.6 is 15.9 Å². The number of hydrogen-bond acceptors (Lipinski definition) is 3. The Morgan fingerprint density at radius 1 is 0.765 bits per heavy atom. The van der Waals surface area contributed by atoms with Gasteiger partial charge in [-0.3, -0.25) is 9.59 Å². The molecule has 2 bridgehead atoms. The molecule has 3 aliphatic rings. The highest BCUT2D eigenvalue weighted by atomic mass is 79.9. The van der Waals surface area contributed by atoms with Gasteiger partial charge < -0.3 is 5.11 Å². The summed E-state index contributed by atoms with van der Waals surface area (Å²) in [6.07, 6.45) is -0.930. The maximum atomic E-state index is 14.1. The summed E-state index contributed by atoms with van der Waals surface area (Å²) in [6.45, 7) is 3.88. The molecule has 0 spiro atoms. The van der Waals surface area contributed by atoms with E-state index in [1.54, 1.807) is 12.1 Å². The van der Waals surface area contributed by atoms with Gasteiger partial charge in [0.25, 0.3) is 5.91 Å². The number of halogens is 1. The molecule has 3 aromatic rings. The Bertz CT molecular complexity index is 1360. The zero-order valence-corrected chi connectivity index (χ0v) is 20.5. The molecule has 6 rings (SSSR count). The number of aliphatic hydroxyl groups excluding tert-OH is 1. The number of fused-ring (bicyclic) bond motifs is 5. The molecule has 1 saturated carbocycles. The minimum absolute atomic E-state index is 0.279. The number of amides is 2. The molecule has 170 valence electrons. The van der Waals surface area contributed by atoms with E-state index in [9.17, 15) is 14.7 Å². The second kappa shape index (κ2) is 7.00. The standard InChI is InChI=1S/C29H24BrNO3/c1-27-21(18-12-6-3-7-13-18)22(19-14-8-4-9-15-19)28(2,25(27)33)29(30)23(27)24(32)31(26(29)34)20-16-10-5-11-17-20/h3-17,23,25,33H,1-2H3. The maximum absolute atomic E-state index is 14.1. The van der Waals surface area contributed by atoms with Gasteiger partial charge in [0.2, 0.25) is 5.91 Å². The third-order valence-corrected chi connectivity index (χ3v) is 9.92. The van der Waals surface area contributed by atoms with Crippen molar-refractivity contribution in [3.8, 4) is 0 Å². The van der Waals surface area contributed by atoms with Gasteiger partial charge in [0, 0.05) is 10.8 Å². The lowest BCUT2D eigenvalue weighted by molar-refractivity contribution is -0.125. The average Bonchev–Trinajstić information content (AvgIpc) is 3.25. The third kappa shape index (κ3) is 2.27. The van der Waals surface area contributed by atoms with Crippen molar-refractivity contribution in [1.82, 2.24) is 0 Å². The van der Waals surface area contributed by atoms with Crippen molar-refractivity contribution in [2.45, 2.75) is 24.3 Å². The quantitative estimate of drug-likeness (QED) is 0.380. The van der Waals surface area contributed by atoms with E-state index in [4.69, 9.17) is 0 Å². The lowest BCUT2D eigenvalue weighted by Crippen LogP contribution is -2.51. The summed E-state index contributed by atoms with van der Waals surface area (Å²) in [5, 5.41) is 12.0. The molecule has 2 aliphatic carbocycles. The Balaban J connectivity index is 1.67. The van der Waals surface area contributed by atoms with Crippen LogP contribution in [0.15, 0.2) is 91.0 Å². The van der Waals surface area contributed by atoms with Crippen LogP contribution in [0.3, 0.4) is 0 Å². The fourth-order valence-electron chi connectivity index (χ4n) is 6.89. The average molecular weight is 514 g/mol. The molecule has 5 unspecified atom stereocenters. The third-order valence-electron chi connectivity index (χ3n) is 8.30. The number of hydrogen-bond donors (Lipinski definition) is 1. The summed E-state index contributed by atoms with van der Waals surface area (Å²) in [6, 6.07) is 28.9. The topological polar surface area (TPSA) is 57.6 Å². The summed E-state index contributed by atoms with van der Waals surface area (Å²) in [5.41, 5.74) is 2.30. The van der Waals surface area contributed by atoms with Gasteiger partial charge in [-0.2, -0.15) is 0 Å². The fourth-order valence-corrected chi connectivity index (χ4v) is 8.16. The van der Waals surface area contributed by atoms with Gasteiger partial charge in [0.05, 0.1) is 17.7 Å². The summed E-state index contributed by atoms with van der Waals surface area (Å²) in [5.74, 6) is -1.35. The predicted molar refractivity (Wildman–Crippen MR) is 136 cm³/mol. The molecule has 5 heteroatoms. The van der Waals surface area contributed by atoms with Crippen molar-refractivity contribution in [2.24, 2.45) is 16.7 Å². The molecule has 1 aliphatic heterocycles. The minimum atomic E-state index is -1.27. The molecule has 1 heterocycles. The van der Waals surface area contributed by atoms with Crippen molar-refractivity contribution in [3.05, 3.63) is 102 Å². The SMILES string of the molecule is CC12C(c3ccccc3)=C(c3ccccc3)C(C)(C1O)C1(Br)C(=O)N(c3ccccc3)C(=O)C21. The molecule has 0 aromatic heterocycles. The Labute approximate surface area is 207 Å². The van der Waals surface area contributed by atoms with Gasteiger partial charge in [-0.1, -0.05) is 109 Å². The van der Waals surface area contributed by atoms with Crippen LogP contribution in [0.4, 0.5) is 5.69 Å². The van der Waals surface area contributed by atoms with Crippen LogP contribution in [-0.4, -0.2) is 27.3 Å². The fraction of sp³-hybridized carbons (Fsp3) is 0.241. The first-order chi connectivity index (χ1) is 16.3. The Hall–Kier alpha value is -3.02. The van der Waals surface area contributed by atoms with Crippen LogP contribution in [0.25, 0.3) is 11.1 Å². The molecule has 4 nitrogen and oxygen atoms in total. The van der Waals surface area contributed by atoms with Gasteiger partial charge in [0.15, 0.2) is 0 Å². The number of nitrogens with zero attached hydrogens (tertiary/aromatic N) is 1. The molecule has 0 radical (unpaired) electrons. The van der Waals surface area contributed by atoms with E-state index in [0.29, 0.717) is 5.69 Å². The second-order valence-corrected chi connectivity index (χ2v) is 11.1. The van der Waals surface area contributed by atoms with E-state index in [1.165, 1.54) is 4.90 Å². The van der Waals surface area contributed by atoms with Gasteiger partial charge in [-0.15, -0.1) is 0 Å². The van der Waals surface area contributed by atoms with Crippen molar-refractivity contribution in [1.29, 1.82) is 0 Å². The maximum Gasteiger partial charge on any atom is 0.252 e. The van der Waals surface area contributed by atoms with Crippen molar-refractivity contribution in [2.75, 3.05) is 4.90 Å². The van der Waals surface area contributed by atoms with E-state index in [2.05, 4.69) is 15.9 Å². The number of carbonyl (C=O) groups excluding carboxylic acids is 2. The minimum Gasteiger partial charge on any atom is -0.391 e. The Morgan fingerprint density at radius 3 is 1.76 bits per heavy atom. The van der Waals surface area contributed by atoms with Crippen LogP contribution < -0.4 is 4.90 Å². The van der Waals surface area contributed by atoms with Crippen LogP contribution in [0, 0.1) is 16.7 Å². The summed E-state index contributed by atoms with van der Waals surface area (Å²) < 4.78 is -1.27. The number of anilines is 1. The van der Waals surface area contributed by atoms with Crippen molar-refractivity contribution in [3.63, 3.8) is 0 Å². The zero-order valence-electron chi connectivity index (χ0n) is 18.9.